The molecule has 0 aliphatic heterocycles. The van der Waals surface area contributed by atoms with Crippen LogP contribution >= 0.6 is 0 Å². The van der Waals surface area contributed by atoms with E-state index in [1.807, 2.05) is 30.3 Å². The van der Waals surface area contributed by atoms with Crippen molar-refractivity contribution < 1.29 is 22.3 Å². The molecule has 33 heavy (non-hydrogen) atoms. The smallest absolute Gasteiger partial charge is 0.416 e. The van der Waals surface area contributed by atoms with Gasteiger partial charge in [-0.15, -0.1) is 0 Å². The molecule has 0 bridgehead atoms. The molecule has 0 saturated carbocycles. The largest absolute Gasteiger partial charge is 0.494 e. The Bertz CT molecular complexity index is 1250. The van der Waals surface area contributed by atoms with Crippen molar-refractivity contribution in [3.63, 3.8) is 0 Å². The van der Waals surface area contributed by atoms with Crippen LogP contribution < -0.4 is 10.1 Å². The van der Waals surface area contributed by atoms with Gasteiger partial charge in [0.05, 0.1) is 12.7 Å². The topological polar surface area (TPSA) is 21.3 Å². The lowest BCUT2D eigenvalue weighted by Gasteiger charge is -2.13. The Morgan fingerprint density at radius 1 is 0.848 bits per heavy atom. The van der Waals surface area contributed by atoms with Crippen molar-refractivity contribution in [3.8, 4) is 16.9 Å². The predicted molar refractivity (Wildman–Crippen MR) is 123 cm³/mol. The van der Waals surface area contributed by atoms with Gasteiger partial charge >= 0.3 is 6.18 Å². The lowest BCUT2D eigenvalue weighted by molar-refractivity contribution is -0.137. The molecular weight excluding hydrogens is 430 g/mol. The molecule has 0 atom stereocenters. The number of hydrogen-bond acceptors (Lipinski definition) is 2. The number of benzene rings is 4. The van der Waals surface area contributed by atoms with Crippen molar-refractivity contribution in [1.82, 2.24) is 5.32 Å². The number of fused-ring (bicyclic) bond motifs is 1. The van der Waals surface area contributed by atoms with Crippen LogP contribution in [-0.2, 0) is 19.1 Å². The van der Waals surface area contributed by atoms with Crippen LogP contribution in [0.3, 0.4) is 0 Å². The Kier molecular flexibility index (Phi) is 6.65. The first kappa shape index (κ1) is 22.8. The minimum Gasteiger partial charge on any atom is -0.494 e. The first-order valence-corrected chi connectivity index (χ1v) is 10.6. The summed E-state index contributed by atoms with van der Waals surface area (Å²) in [5, 5.41) is 5.40. The van der Waals surface area contributed by atoms with Gasteiger partial charge in [0, 0.05) is 6.54 Å². The van der Waals surface area contributed by atoms with Crippen LogP contribution in [0.5, 0.6) is 5.75 Å². The van der Waals surface area contributed by atoms with E-state index in [0.717, 1.165) is 45.2 Å². The Labute approximate surface area is 189 Å². The van der Waals surface area contributed by atoms with E-state index in [1.54, 1.807) is 12.1 Å². The maximum Gasteiger partial charge on any atom is 0.416 e. The first-order valence-electron chi connectivity index (χ1n) is 10.6. The van der Waals surface area contributed by atoms with Crippen LogP contribution in [0.25, 0.3) is 21.9 Å². The zero-order chi connectivity index (χ0) is 23.4. The van der Waals surface area contributed by atoms with Crippen molar-refractivity contribution in [2.75, 3.05) is 13.7 Å². The summed E-state index contributed by atoms with van der Waals surface area (Å²) in [6.45, 7) is 1.27. The number of nitrogens with one attached hydrogen (secondary N) is 1. The van der Waals surface area contributed by atoms with E-state index < -0.39 is 11.7 Å². The molecule has 0 unspecified atom stereocenters. The number of halogens is 4. The Balaban J connectivity index is 1.52. The molecular formula is C27H23F4NO. The molecule has 0 heterocycles. The molecule has 0 amide bonds. The summed E-state index contributed by atoms with van der Waals surface area (Å²) in [6.07, 6.45) is -3.66. The summed E-state index contributed by atoms with van der Waals surface area (Å²) in [7, 11) is 1.44. The van der Waals surface area contributed by atoms with Gasteiger partial charge in [-0.3, -0.25) is 0 Å². The van der Waals surface area contributed by atoms with Gasteiger partial charge in [0.2, 0.25) is 0 Å². The van der Waals surface area contributed by atoms with Crippen molar-refractivity contribution in [1.29, 1.82) is 0 Å². The highest BCUT2D eigenvalue weighted by Crippen LogP contribution is 2.34. The second kappa shape index (κ2) is 9.63. The van der Waals surface area contributed by atoms with E-state index in [2.05, 4.69) is 11.4 Å². The van der Waals surface area contributed by atoms with Crippen molar-refractivity contribution >= 4 is 10.8 Å². The molecule has 0 aliphatic rings. The highest BCUT2D eigenvalue weighted by Gasteiger charge is 2.30. The Morgan fingerprint density at radius 2 is 1.61 bits per heavy atom. The number of methoxy groups -OCH3 is 1. The van der Waals surface area contributed by atoms with Crippen molar-refractivity contribution in [2.45, 2.75) is 19.1 Å². The monoisotopic (exact) mass is 453 g/mol. The van der Waals surface area contributed by atoms with E-state index in [0.29, 0.717) is 19.5 Å². The predicted octanol–water partition coefficient (Wildman–Crippen LogP) is 7.01. The van der Waals surface area contributed by atoms with E-state index in [1.165, 1.54) is 25.3 Å². The molecule has 0 aromatic heterocycles. The molecule has 2 nitrogen and oxygen atoms in total. The fraction of sp³-hybridized carbons (Fsp3) is 0.185. The molecule has 0 radical (unpaired) electrons. The molecule has 0 saturated heterocycles. The number of alkyl halides is 3. The quantitative estimate of drug-likeness (QED) is 0.240. The van der Waals surface area contributed by atoms with Gasteiger partial charge in [0.25, 0.3) is 0 Å². The zero-order valence-electron chi connectivity index (χ0n) is 18.0. The van der Waals surface area contributed by atoms with Crippen LogP contribution in [0.4, 0.5) is 17.6 Å². The van der Waals surface area contributed by atoms with Gasteiger partial charge in [-0.2, -0.15) is 13.2 Å². The number of rotatable bonds is 7. The summed E-state index contributed by atoms with van der Waals surface area (Å²) in [5.41, 5.74) is 2.96. The minimum absolute atomic E-state index is 0.225. The fourth-order valence-corrected chi connectivity index (χ4v) is 3.88. The van der Waals surface area contributed by atoms with Crippen LogP contribution in [0.2, 0.25) is 0 Å². The van der Waals surface area contributed by atoms with Gasteiger partial charge in [-0.25, -0.2) is 4.39 Å². The van der Waals surface area contributed by atoms with Crippen molar-refractivity contribution in [2.24, 2.45) is 0 Å². The minimum atomic E-state index is -4.36. The molecule has 170 valence electrons. The van der Waals surface area contributed by atoms with Crippen LogP contribution in [0.1, 0.15) is 16.7 Å². The van der Waals surface area contributed by atoms with Crippen molar-refractivity contribution in [3.05, 3.63) is 101 Å². The molecule has 0 fully saturated rings. The summed E-state index contributed by atoms with van der Waals surface area (Å²) < 4.78 is 57.5. The van der Waals surface area contributed by atoms with Crippen LogP contribution in [0, 0.1) is 5.82 Å². The molecule has 0 spiro atoms. The maximum atomic E-state index is 13.6. The van der Waals surface area contributed by atoms with Crippen LogP contribution in [0.15, 0.2) is 78.9 Å². The molecule has 4 aromatic carbocycles. The standard InChI is InChI=1S/C27H23F4NO/c1-33-26-16-18(6-11-25(26)28)12-13-32-17-19-14-21-4-2-3-5-23(21)24(15-19)20-7-9-22(10-8-20)27(29,30)31/h2-11,14-16,32H,12-13,17H2,1H3. The summed E-state index contributed by atoms with van der Waals surface area (Å²) in [4.78, 5) is 0. The normalized spacial score (nSPS) is 11.7. The average Bonchev–Trinajstić information content (AvgIpc) is 2.82. The third-order valence-corrected chi connectivity index (χ3v) is 5.58. The zero-order valence-corrected chi connectivity index (χ0v) is 18.0. The third kappa shape index (κ3) is 5.34. The summed E-state index contributed by atoms with van der Waals surface area (Å²) in [5.74, 6) is -0.163. The van der Waals surface area contributed by atoms with E-state index in [-0.39, 0.29) is 11.6 Å². The van der Waals surface area contributed by atoms with Gasteiger partial charge < -0.3 is 10.1 Å². The second-order valence-electron chi connectivity index (χ2n) is 7.84. The maximum absolute atomic E-state index is 13.6. The number of hydrogen-bond donors (Lipinski definition) is 1. The molecule has 4 rings (SSSR count). The number of ether oxygens (including phenoxy) is 1. The SMILES string of the molecule is COc1cc(CCNCc2cc(-c3ccc(C(F)(F)F)cc3)c3ccccc3c2)ccc1F. The Morgan fingerprint density at radius 3 is 2.33 bits per heavy atom. The Hall–Kier alpha value is -3.38. The summed E-state index contributed by atoms with van der Waals surface area (Å²) >= 11 is 0. The van der Waals surface area contributed by atoms with Gasteiger partial charge in [0.15, 0.2) is 11.6 Å². The van der Waals surface area contributed by atoms with Crippen LogP contribution in [-0.4, -0.2) is 13.7 Å². The van der Waals surface area contributed by atoms with E-state index >= 15 is 0 Å². The second-order valence-corrected chi connectivity index (χ2v) is 7.84. The highest BCUT2D eigenvalue weighted by molar-refractivity contribution is 5.97. The van der Waals surface area contributed by atoms with Gasteiger partial charge in [-0.1, -0.05) is 42.5 Å². The summed E-state index contributed by atoms with van der Waals surface area (Å²) in [6, 6.07) is 22.0. The fourth-order valence-electron chi connectivity index (χ4n) is 3.88. The highest BCUT2D eigenvalue weighted by atomic mass is 19.4. The molecule has 6 heteroatoms. The lowest BCUT2D eigenvalue weighted by atomic mass is 9.95. The van der Waals surface area contributed by atoms with E-state index in [9.17, 15) is 17.6 Å². The molecule has 4 aromatic rings. The average molecular weight is 453 g/mol. The lowest BCUT2D eigenvalue weighted by Crippen LogP contribution is -2.16. The van der Waals surface area contributed by atoms with Gasteiger partial charge in [-0.05, 0) is 82.4 Å². The van der Waals surface area contributed by atoms with E-state index in [4.69, 9.17) is 4.74 Å². The van der Waals surface area contributed by atoms with Gasteiger partial charge in [0.1, 0.15) is 0 Å². The molecule has 0 aliphatic carbocycles. The molecule has 1 N–H and O–H groups in total. The third-order valence-electron chi connectivity index (χ3n) is 5.58. The first-order chi connectivity index (χ1) is 15.8.